The van der Waals surface area contributed by atoms with Gasteiger partial charge in [0.2, 0.25) is 0 Å². The van der Waals surface area contributed by atoms with Crippen LogP contribution < -0.4 is 9.47 Å². The topological polar surface area (TPSA) is 101 Å². The third kappa shape index (κ3) is 4.57. The number of rotatable bonds is 8. The fourth-order valence-electron chi connectivity index (χ4n) is 4.98. The molecule has 0 saturated carbocycles. The average molecular weight is 519 g/mol. The van der Waals surface area contributed by atoms with Gasteiger partial charge in [-0.2, -0.15) is 5.10 Å². The molecule has 0 radical (unpaired) electrons. The number of hydrogen-bond acceptors (Lipinski definition) is 6. The largest absolute Gasteiger partial charge is 0.507 e. The van der Waals surface area contributed by atoms with Crippen LogP contribution in [0.25, 0.3) is 11.3 Å². The Morgan fingerprint density at radius 2 is 1.74 bits per heavy atom. The minimum Gasteiger partial charge on any atom is -0.507 e. The van der Waals surface area contributed by atoms with Gasteiger partial charge in [-0.25, -0.2) is 0 Å². The van der Waals surface area contributed by atoms with Gasteiger partial charge in [0, 0.05) is 30.1 Å². The normalized spacial score (nSPS) is 14.3. The van der Waals surface area contributed by atoms with Crippen molar-refractivity contribution in [3.8, 4) is 28.5 Å². The van der Waals surface area contributed by atoms with E-state index in [0.717, 1.165) is 16.7 Å². The highest BCUT2D eigenvalue weighted by Gasteiger charge is 2.42. The van der Waals surface area contributed by atoms with Crippen molar-refractivity contribution in [2.75, 3.05) is 7.11 Å². The first-order chi connectivity index (χ1) is 19.1. The van der Waals surface area contributed by atoms with E-state index in [9.17, 15) is 9.90 Å². The molecule has 0 aliphatic carbocycles. The molecule has 0 bridgehead atoms. The summed E-state index contributed by atoms with van der Waals surface area (Å²) in [7, 11) is 1.60. The van der Waals surface area contributed by atoms with E-state index in [1.54, 1.807) is 42.6 Å². The maximum absolute atomic E-state index is 13.7. The SMILES string of the molecule is COc1cc(C2c3c(-c4ccccc4O)n[nH]c3C(=O)N2Cc2cccnc2)ccc1OCc1ccccc1. The molecule has 5 aromatic rings. The molecular formula is C31H26N4O4. The van der Waals surface area contributed by atoms with E-state index in [1.165, 1.54) is 0 Å². The second-order valence-electron chi connectivity index (χ2n) is 9.26. The van der Waals surface area contributed by atoms with Crippen molar-refractivity contribution >= 4 is 5.91 Å². The predicted molar refractivity (Wildman–Crippen MR) is 145 cm³/mol. The molecule has 0 fully saturated rings. The average Bonchev–Trinajstić information content (AvgIpc) is 3.52. The highest BCUT2D eigenvalue weighted by molar-refractivity contribution is 6.00. The molecule has 1 unspecified atom stereocenters. The number of nitrogens with one attached hydrogen (secondary N) is 1. The van der Waals surface area contributed by atoms with Crippen LogP contribution in [0, 0.1) is 0 Å². The summed E-state index contributed by atoms with van der Waals surface area (Å²) in [5.74, 6) is 1.06. The van der Waals surface area contributed by atoms with Crippen LogP contribution in [0.5, 0.6) is 17.2 Å². The first kappa shape index (κ1) is 24.2. The number of pyridine rings is 1. The molecule has 1 aliphatic heterocycles. The number of carbonyl (C=O) groups is 1. The summed E-state index contributed by atoms with van der Waals surface area (Å²) < 4.78 is 11.8. The summed E-state index contributed by atoms with van der Waals surface area (Å²) in [5, 5.41) is 18.0. The smallest absolute Gasteiger partial charge is 0.273 e. The standard InChI is InChI=1S/C31H26N4O4/c1-38-26-16-22(13-14-25(26)39-19-20-8-3-2-4-9-20)30-27-28(23-11-5-6-12-24(23)36)33-34-29(27)31(37)35(30)18-21-10-7-15-32-17-21/h2-17,30,36H,18-19H2,1H3,(H,33,34). The van der Waals surface area contributed by atoms with Crippen LogP contribution >= 0.6 is 0 Å². The Bertz CT molecular complexity index is 1620. The number of aromatic hydroxyl groups is 1. The Morgan fingerprint density at radius 1 is 0.949 bits per heavy atom. The summed E-state index contributed by atoms with van der Waals surface area (Å²) >= 11 is 0. The lowest BCUT2D eigenvalue weighted by atomic mass is 9.95. The minimum absolute atomic E-state index is 0.0888. The van der Waals surface area contributed by atoms with Gasteiger partial charge in [-0.3, -0.25) is 14.9 Å². The van der Waals surface area contributed by atoms with Gasteiger partial charge in [-0.15, -0.1) is 0 Å². The van der Waals surface area contributed by atoms with Crippen molar-refractivity contribution in [1.29, 1.82) is 0 Å². The van der Waals surface area contributed by atoms with Gasteiger partial charge in [0.05, 0.1) is 13.2 Å². The van der Waals surface area contributed by atoms with Crippen molar-refractivity contribution in [2.24, 2.45) is 0 Å². The minimum atomic E-state index is -0.488. The number of benzene rings is 3. The number of aromatic amines is 1. The number of methoxy groups -OCH3 is 1. The molecule has 194 valence electrons. The predicted octanol–water partition coefficient (Wildman–Crippen LogP) is 5.51. The molecule has 1 atom stereocenters. The zero-order valence-corrected chi connectivity index (χ0v) is 21.2. The summed E-state index contributed by atoms with van der Waals surface area (Å²) in [6.45, 7) is 0.740. The third-order valence-electron chi connectivity index (χ3n) is 6.84. The van der Waals surface area contributed by atoms with Crippen molar-refractivity contribution in [2.45, 2.75) is 19.2 Å². The number of para-hydroxylation sites is 1. The molecule has 8 nitrogen and oxygen atoms in total. The Labute approximate surface area is 225 Å². The number of H-pyrrole nitrogens is 1. The number of aromatic nitrogens is 3. The highest BCUT2D eigenvalue weighted by atomic mass is 16.5. The van der Waals surface area contributed by atoms with Gasteiger partial charge < -0.3 is 19.5 Å². The monoisotopic (exact) mass is 518 g/mol. The van der Waals surface area contributed by atoms with Crippen LogP contribution in [0.1, 0.15) is 38.8 Å². The molecule has 8 heteroatoms. The number of fused-ring (bicyclic) bond motifs is 1. The quantitative estimate of drug-likeness (QED) is 0.281. The van der Waals surface area contributed by atoms with E-state index in [-0.39, 0.29) is 11.7 Å². The fraction of sp³-hybridized carbons (Fsp3) is 0.129. The number of phenols is 1. The van der Waals surface area contributed by atoms with Gasteiger partial charge in [-0.05, 0) is 47.0 Å². The summed E-state index contributed by atoms with van der Waals surface area (Å²) in [5.41, 5.74) is 4.93. The second-order valence-corrected chi connectivity index (χ2v) is 9.26. The van der Waals surface area contributed by atoms with E-state index >= 15 is 0 Å². The highest BCUT2D eigenvalue weighted by Crippen LogP contribution is 2.46. The van der Waals surface area contributed by atoms with Crippen LogP contribution in [-0.4, -0.2) is 38.2 Å². The van der Waals surface area contributed by atoms with Crippen LogP contribution in [0.3, 0.4) is 0 Å². The summed E-state index contributed by atoms with van der Waals surface area (Å²) in [6.07, 6.45) is 3.45. The Kier molecular flexibility index (Phi) is 6.42. The number of carbonyl (C=O) groups excluding carboxylic acids is 1. The fourth-order valence-corrected chi connectivity index (χ4v) is 4.98. The first-order valence-corrected chi connectivity index (χ1v) is 12.5. The number of amides is 1. The Balaban J connectivity index is 1.42. The van der Waals surface area contributed by atoms with Crippen molar-refractivity contribution in [3.63, 3.8) is 0 Å². The van der Waals surface area contributed by atoms with Gasteiger partial charge in [0.25, 0.3) is 5.91 Å². The number of hydrogen-bond donors (Lipinski definition) is 2. The van der Waals surface area contributed by atoms with Crippen LogP contribution in [-0.2, 0) is 13.2 Å². The number of phenolic OH excluding ortho intramolecular Hbond substituents is 1. The zero-order valence-electron chi connectivity index (χ0n) is 21.2. The van der Waals surface area contributed by atoms with Crippen LogP contribution in [0.4, 0.5) is 0 Å². The van der Waals surface area contributed by atoms with E-state index in [4.69, 9.17) is 9.47 Å². The Morgan fingerprint density at radius 3 is 2.51 bits per heavy atom. The zero-order chi connectivity index (χ0) is 26.8. The number of nitrogens with zero attached hydrogens (tertiary/aromatic N) is 3. The first-order valence-electron chi connectivity index (χ1n) is 12.5. The molecule has 0 saturated heterocycles. The third-order valence-corrected chi connectivity index (χ3v) is 6.84. The second kappa shape index (κ2) is 10.3. The van der Waals surface area contributed by atoms with Crippen molar-refractivity contribution in [1.82, 2.24) is 20.1 Å². The van der Waals surface area contributed by atoms with Gasteiger partial charge >= 0.3 is 0 Å². The molecule has 2 N–H and O–H groups in total. The molecule has 3 heterocycles. The number of ether oxygens (including phenoxy) is 2. The molecule has 6 rings (SSSR count). The maximum atomic E-state index is 13.7. The molecular weight excluding hydrogens is 492 g/mol. The molecule has 1 aliphatic rings. The van der Waals surface area contributed by atoms with E-state index < -0.39 is 6.04 Å². The van der Waals surface area contributed by atoms with E-state index in [2.05, 4.69) is 15.2 Å². The van der Waals surface area contributed by atoms with Crippen molar-refractivity contribution in [3.05, 3.63) is 125 Å². The lowest BCUT2D eigenvalue weighted by Gasteiger charge is -2.27. The van der Waals surface area contributed by atoms with Gasteiger partial charge in [0.15, 0.2) is 11.5 Å². The van der Waals surface area contributed by atoms with E-state index in [0.29, 0.717) is 47.2 Å². The molecule has 39 heavy (non-hydrogen) atoms. The lowest BCUT2D eigenvalue weighted by molar-refractivity contribution is 0.0729. The van der Waals surface area contributed by atoms with Gasteiger partial charge in [-0.1, -0.05) is 54.6 Å². The molecule has 3 aromatic carbocycles. The lowest BCUT2D eigenvalue weighted by Crippen LogP contribution is -2.29. The molecule has 0 spiro atoms. The summed E-state index contributed by atoms with van der Waals surface area (Å²) in [6, 6.07) is 25.9. The van der Waals surface area contributed by atoms with Crippen LogP contribution in [0.15, 0.2) is 97.3 Å². The van der Waals surface area contributed by atoms with E-state index in [1.807, 2.05) is 66.7 Å². The van der Waals surface area contributed by atoms with Crippen LogP contribution in [0.2, 0.25) is 0 Å². The van der Waals surface area contributed by atoms with Crippen molar-refractivity contribution < 1.29 is 19.4 Å². The molecule has 1 amide bonds. The maximum Gasteiger partial charge on any atom is 0.273 e. The Hall–Kier alpha value is -5.11. The molecule has 2 aromatic heterocycles. The summed E-state index contributed by atoms with van der Waals surface area (Å²) in [4.78, 5) is 19.7. The van der Waals surface area contributed by atoms with Gasteiger partial charge in [0.1, 0.15) is 23.7 Å².